The van der Waals surface area contributed by atoms with Crippen LogP contribution in [0.4, 0.5) is 0 Å². The second-order valence-electron chi connectivity index (χ2n) is 6.63. The maximum absolute atomic E-state index is 5.20. The number of methoxy groups -OCH3 is 1. The Morgan fingerprint density at radius 1 is 1.40 bits per heavy atom. The summed E-state index contributed by atoms with van der Waals surface area (Å²) < 4.78 is 5.20. The fraction of sp³-hybridized carbons (Fsp3) is 0.688. The van der Waals surface area contributed by atoms with E-state index in [0.717, 1.165) is 31.9 Å². The van der Waals surface area contributed by atoms with E-state index in [-0.39, 0.29) is 5.41 Å². The smallest absolute Gasteiger partial charge is 0.213 e. The lowest BCUT2D eigenvalue weighted by Crippen LogP contribution is -2.46. The van der Waals surface area contributed by atoms with Crippen molar-refractivity contribution >= 4 is 0 Å². The molecule has 0 saturated carbocycles. The molecule has 1 aromatic rings. The molecule has 1 aliphatic rings. The Hall–Kier alpha value is -1.13. The molecule has 2 heterocycles. The molecule has 0 amide bonds. The highest BCUT2D eigenvalue weighted by Crippen LogP contribution is 2.22. The average Bonchev–Trinajstić information content (AvgIpc) is 2.64. The number of hydrogen-bond donors (Lipinski definition) is 1. The molecular weight excluding hydrogens is 250 g/mol. The van der Waals surface area contributed by atoms with Crippen LogP contribution < -0.4 is 10.1 Å². The molecule has 1 N–H and O–H groups in total. The fourth-order valence-corrected chi connectivity index (χ4v) is 2.61. The fourth-order valence-electron chi connectivity index (χ4n) is 2.61. The predicted molar refractivity (Wildman–Crippen MR) is 81.9 cm³/mol. The van der Waals surface area contributed by atoms with E-state index in [2.05, 4.69) is 42.0 Å². The Morgan fingerprint density at radius 2 is 2.20 bits per heavy atom. The van der Waals surface area contributed by atoms with Crippen LogP contribution >= 0.6 is 0 Å². The van der Waals surface area contributed by atoms with Crippen LogP contribution in [0.5, 0.6) is 5.88 Å². The van der Waals surface area contributed by atoms with Crippen molar-refractivity contribution in [2.24, 2.45) is 5.41 Å². The van der Waals surface area contributed by atoms with E-state index in [9.17, 15) is 0 Å². The van der Waals surface area contributed by atoms with Gasteiger partial charge in [-0.05, 0) is 31.0 Å². The lowest BCUT2D eigenvalue weighted by molar-refractivity contribution is 0.190. The Kier molecular flexibility index (Phi) is 5.00. The van der Waals surface area contributed by atoms with Gasteiger partial charge in [-0.15, -0.1) is 0 Å². The average molecular weight is 277 g/mol. The molecule has 0 aliphatic carbocycles. The standard InChI is InChI=1S/C16H27N3O/c1-16(2,3)14-12-19(10-6-9-17-14)11-13-7-5-8-15(18-13)20-4/h5,7-8,14,17H,6,9-12H2,1-4H3. The Balaban J connectivity index is 2.03. The minimum Gasteiger partial charge on any atom is -0.481 e. The molecule has 0 spiro atoms. The monoisotopic (exact) mass is 277 g/mol. The first-order valence-electron chi connectivity index (χ1n) is 7.44. The van der Waals surface area contributed by atoms with E-state index in [4.69, 9.17) is 4.74 Å². The molecule has 1 unspecified atom stereocenters. The first-order chi connectivity index (χ1) is 9.49. The second kappa shape index (κ2) is 6.55. The molecule has 1 atom stereocenters. The van der Waals surface area contributed by atoms with Gasteiger partial charge in [-0.25, -0.2) is 4.98 Å². The summed E-state index contributed by atoms with van der Waals surface area (Å²) in [6, 6.07) is 6.51. The van der Waals surface area contributed by atoms with Crippen LogP contribution in [0.15, 0.2) is 18.2 Å². The van der Waals surface area contributed by atoms with E-state index in [1.807, 2.05) is 12.1 Å². The molecule has 1 aromatic heterocycles. The second-order valence-corrected chi connectivity index (χ2v) is 6.63. The van der Waals surface area contributed by atoms with Crippen LogP contribution in [-0.2, 0) is 6.54 Å². The minimum atomic E-state index is 0.282. The number of hydrogen-bond acceptors (Lipinski definition) is 4. The van der Waals surface area contributed by atoms with Crippen molar-refractivity contribution in [2.45, 2.75) is 39.8 Å². The third-order valence-electron chi connectivity index (χ3n) is 3.90. The SMILES string of the molecule is COc1cccc(CN2CCCNC(C(C)(C)C)C2)n1. The molecule has 112 valence electrons. The van der Waals surface area contributed by atoms with E-state index in [1.54, 1.807) is 7.11 Å². The number of nitrogens with zero attached hydrogens (tertiary/aromatic N) is 2. The zero-order valence-corrected chi connectivity index (χ0v) is 13.1. The van der Waals surface area contributed by atoms with Gasteiger partial charge in [-0.1, -0.05) is 26.8 Å². The number of aromatic nitrogens is 1. The van der Waals surface area contributed by atoms with Crippen LogP contribution in [0.25, 0.3) is 0 Å². The molecule has 0 aromatic carbocycles. The topological polar surface area (TPSA) is 37.4 Å². The number of rotatable bonds is 3. The third-order valence-corrected chi connectivity index (χ3v) is 3.90. The van der Waals surface area contributed by atoms with Crippen LogP contribution in [0.2, 0.25) is 0 Å². The lowest BCUT2D eigenvalue weighted by atomic mass is 9.86. The van der Waals surface area contributed by atoms with Gasteiger partial charge < -0.3 is 10.1 Å². The van der Waals surface area contributed by atoms with Crippen molar-refractivity contribution in [1.29, 1.82) is 0 Å². The molecule has 0 radical (unpaired) electrons. The summed E-state index contributed by atoms with van der Waals surface area (Å²) >= 11 is 0. The lowest BCUT2D eigenvalue weighted by Gasteiger charge is -2.33. The molecular formula is C16H27N3O. The maximum atomic E-state index is 5.20. The zero-order chi connectivity index (χ0) is 14.6. The van der Waals surface area contributed by atoms with Crippen molar-refractivity contribution in [3.8, 4) is 5.88 Å². The Labute approximate surface area is 122 Å². The van der Waals surface area contributed by atoms with Gasteiger partial charge in [0.2, 0.25) is 5.88 Å². The summed E-state index contributed by atoms with van der Waals surface area (Å²) in [5.41, 5.74) is 1.36. The zero-order valence-electron chi connectivity index (χ0n) is 13.1. The molecule has 4 heteroatoms. The van der Waals surface area contributed by atoms with E-state index in [1.165, 1.54) is 6.42 Å². The van der Waals surface area contributed by atoms with Gasteiger partial charge in [0.05, 0.1) is 12.8 Å². The van der Waals surface area contributed by atoms with Crippen LogP contribution in [-0.4, -0.2) is 42.7 Å². The number of nitrogens with one attached hydrogen (secondary N) is 1. The van der Waals surface area contributed by atoms with Crippen LogP contribution in [0.1, 0.15) is 32.9 Å². The van der Waals surface area contributed by atoms with E-state index < -0.39 is 0 Å². The van der Waals surface area contributed by atoms with Gasteiger partial charge in [0.25, 0.3) is 0 Å². The quantitative estimate of drug-likeness (QED) is 0.920. The summed E-state index contributed by atoms with van der Waals surface area (Å²) in [6.07, 6.45) is 1.19. The van der Waals surface area contributed by atoms with E-state index >= 15 is 0 Å². The van der Waals surface area contributed by atoms with Crippen molar-refractivity contribution in [3.63, 3.8) is 0 Å². The molecule has 1 aliphatic heterocycles. The highest BCUT2D eigenvalue weighted by atomic mass is 16.5. The highest BCUT2D eigenvalue weighted by molar-refractivity contribution is 5.15. The van der Waals surface area contributed by atoms with Crippen molar-refractivity contribution in [2.75, 3.05) is 26.7 Å². The van der Waals surface area contributed by atoms with Crippen molar-refractivity contribution in [3.05, 3.63) is 23.9 Å². The van der Waals surface area contributed by atoms with E-state index in [0.29, 0.717) is 11.9 Å². The van der Waals surface area contributed by atoms with Gasteiger partial charge in [0.15, 0.2) is 0 Å². The van der Waals surface area contributed by atoms with Gasteiger partial charge >= 0.3 is 0 Å². The number of ether oxygens (including phenoxy) is 1. The first-order valence-corrected chi connectivity index (χ1v) is 7.44. The molecule has 4 nitrogen and oxygen atoms in total. The minimum absolute atomic E-state index is 0.282. The molecule has 20 heavy (non-hydrogen) atoms. The third kappa shape index (κ3) is 4.18. The van der Waals surface area contributed by atoms with Gasteiger partial charge in [-0.2, -0.15) is 0 Å². The summed E-state index contributed by atoms with van der Waals surface area (Å²) in [5.74, 6) is 0.697. The first kappa shape index (κ1) is 15.3. The summed E-state index contributed by atoms with van der Waals surface area (Å²) in [6.45, 7) is 11.1. The van der Waals surface area contributed by atoms with Crippen LogP contribution in [0.3, 0.4) is 0 Å². The molecule has 1 saturated heterocycles. The summed E-state index contributed by atoms with van der Waals surface area (Å²) in [5, 5.41) is 3.67. The highest BCUT2D eigenvalue weighted by Gasteiger charge is 2.28. The van der Waals surface area contributed by atoms with Crippen molar-refractivity contribution in [1.82, 2.24) is 15.2 Å². The van der Waals surface area contributed by atoms with Crippen molar-refractivity contribution < 1.29 is 4.74 Å². The molecule has 1 fully saturated rings. The summed E-state index contributed by atoms with van der Waals surface area (Å²) in [7, 11) is 1.66. The van der Waals surface area contributed by atoms with Crippen LogP contribution in [0, 0.1) is 5.41 Å². The Bertz CT molecular complexity index is 428. The largest absolute Gasteiger partial charge is 0.481 e. The van der Waals surface area contributed by atoms with Gasteiger partial charge in [0, 0.05) is 25.2 Å². The maximum Gasteiger partial charge on any atom is 0.213 e. The molecule has 2 rings (SSSR count). The Morgan fingerprint density at radius 3 is 2.90 bits per heavy atom. The normalized spacial score (nSPS) is 21.5. The molecule has 0 bridgehead atoms. The predicted octanol–water partition coefficient (Wildman–Crippen LogP) is 2.30. The number of pyridine rings is 1. The summed E-state index contributed by atoms with van der Waals surface area (Å²) in [4.78, 5) is 7.02. The van der Waals surface area contributed by atoms with Gasteiger partial charge in [0.1, 0.15) is 0 Å². The van der Waals surface area contributed by atoms with Gasteiger partial charge in [-0.3, -0.25) is 4.90 Å².